The Morgan fingerprint density at radius 1 is 1.14 bits per heavy atom. The summed E-state index contributed by atoms with van der Waals surface area (Å²) in [6.45, 7) is 6.27. The molecule has 0 N–H and O–H groups in total. The molecule has 0 saturated carbocycles. The molecule has 14 heavy (non-hydrogen) atoms. The molecule has 0 spiro atoms. The van der Waals surface area contributed by atoms with E-state index in [0.717, 1.165) is 12.1 Å². The molecule has 0 aromatic carbocycles. The van der Waals surface area contributed by atoms with Crippen LogP contribution in [0, 0.1) is 13.8 Å². The lowest BCUT2D eigenvalue weighted by atomic mass is 10.1. The zero-order chi connectivity index (χ0) is 10.4. The van der Waals surface area contributed by atoms with Crippen molar-refractivity contribution in [1.29, 1.82) is 0 Å². The van der Waals surface area contributed by atoms with Gasteiger partial charge in [-0.2, -0.15) is 0 Å². The Morgan fingerprint density at radius 3 is 2.64 bits per heavy atom. The minimum absolute atomic E-state index is 1.03. The van der Waals surface area contributed by atoms with Crippen LogP contribution in [0.5, 0.6) is 0 Å². The monoisotopic (exact) mass is 187 g/mol. The van der Waals surface area contributed by atoms with Crippen molar-refractivity contribution in [3.8, 4) is 0 Å². The molecule has 74 valence electrons. The number of rotatable bonds is 1. The normalized spacial score (nSPS) is 9.36. The molecule has 0 unspecified atom stereocenters. The SMILES string of the molecule is CCc1cccnc(C)ccc(C)c1. The molecule has 1 aromatic rings. The third-order valence-electron chi connectivity index (χ3n) is 2.08. The van der Waals surface area contributed by atoms with Crippen molar-refractivity contribution in [2.75, 3.05) is 0 Å². The molecule has 0 aliphatic carbocycles. The predicted molar refractivity (Wildman–Crippen MR) is 60.7 cm³/mol. The van der Waals surface area contributed by atoms with Gasteiger partial charge in [0.2, 0.25) is 0 Å². The summed E-state index contributed by atoms with van der Waals surface area (Å²) in [4.78, 5) is 4.27. The van der Waals surface area contributed by atoms with Gasteiger partial charge in [0.25, 0.3) is 0 Å². The van der Waals surface area contributed by atoms with E-state index >= 15 is 0 Å². The molecule has 0 atom stereocenters. The highest BCUT2D eigenvalue weighted by atomic mass is 14.6. The molecule has 0 saturated heterocycles. The van der Waals surface area contributed by atoms with E-state index in [0.29, 0.717) is 0 Å². The van der Waals surface area contributed by atoms with Crippen molar-refractivity contribution >= 4 is 0 Å². The fourth-order valence-electron chi connectivity index (χ4n) is 1.23. The smallest absolute Gasteiger partial charge is 0.0372 e. The molecule has 0 fully saturated rings. The second-order valence-electron chi connectivity index (χ2n) is 3.43. The molecule has 0 radical (unpaired) electrons. The number of hydrogen-bond donors (Lipinski definition) is 0. The third-order valence-corrected chi connectivity index (χ3v) is 2.08. The second-order valence-corrected chi connectivity index (χ2v) is 3.43. The third kappa shape index (κ3) is 3.56. The first kappa shape index (κ1) is 10.7. The topological polar surface area (TPSA) is 12.9 Å². The van der Waals surface area contributed by atoms with Crippen molar-refractivity contribution in [2.24, 2.45) is 0 Å². The van der Waals surface area contributed by atoms with Gasteiger partial charge in [-0.15, -0.1) is 0 Å². The Balaban J connectivity index is 3.29. The first-order chi connectivity index (χ1) is 6.72. The van der Waals surface area contributed by atoms with E-state index in [2.05, 4.69) is 37.0 Å². The van der Waals surface area contributed by atoms with Gasteiger partial charge in [0.1, 0.15) is 0 Å². The van der Waals surface area contributed by atoms with E-state index in [-0.39, 0.29) is 0 Å². The zero-order valence-corrected chi connectivity index (χ0v) is 9.12. The van der Waals surface area contributed by atoms with Crippen molar-refractivity contribution < 1.29 is 0 Å². The van der Waals surface area contributed by atoms with Crippen LogP contribution in [0.2, 0.25) is 0 Å². The predicted octanol–water partition coefficient (Wildman–Crippen LogP) is 3.39. The van der Waals surface area contributed by atoms with Crippen molar-refractivity contribution in [3.05, 3.63) is 53.3 Å². The number of aromatic nitrogens is 1. The summed E-state index contributed by atoms with van der Waals surface area (Å²) in [5, 5.41) is 0. The van der Waals surface area contributed by atoms with Gasteiger partial charge in [0, 0.05) is 11.9 Å². The van der Waals surface area contributed by atoms with Crippen molar-refractivity contribution in [2.45, 2.75) is 27.2 Å². The van der Waals surface area contributed by atoms with Crippen LogP contribution in [0.3, 0.4) is 0 Å². The standard InChI is InChI=1S/C13H17N/c1-4-13-6-5-9-14-12(3)8-7-11(2)10-13/h5-10H,4H2,1-3H3. The van der Waals surface area contributed by atoms with Crippen molar-refractivity contribution in [1.82, 2.24) is 4.98 Å². The summed E-state index contributed by atoms with van der Waals surface area (Å²) in [6.07, 6.45) is 2.89. The minimum Gasteiger partial charge on any atom is -0.262 e. The maximum Gasteiger partial charge on any atom is 0.0372 e. The fourth-order valence-corrected chi connectivity index (χ4v) is 1.23. The molecule has 1 heteroatoms. The Hall–Kier alpha value is -1.37. The van der Waals surface area contributed by atoms with Crippen LogP contribution in [0.25, 0.3) is 0 Å². The summed E-state index contributed by atoms with van der Waals surface area (Å²) < 4.78 is 0. The van der Waals surface area contributed by atoms with Crippen LogP contribution in [0.4, 0.5) is 0 Å². The second kappa shape index (κ2) is 5.38. The van der Waals surface area contributed by atoms with E-state index in [1.54, 1.807) is 0 Å². The molecule has 0 aliphatic rings. The average Bonchev–Trinajstić information content (AvgIpc) is 2.19. The molecular weight excluding hydrogens is 170 g/mol. The Morgan fingerprint density at radius 2 is 1.93 bits per heavy atom. The molecule has 0 amide bonds. The van der Waals surface area contributed by atoms with Gasteiger partial charge in [-0.25, -0.2) is 0 Å². The number of hydrogen-bond acceptors (Lipinski definition) is 1. The zero-order valence-electron chi connectivity index (χ0n) is 9.12. The van der Waals surface area contributed by atoms with Gasteiger partial charge in [0.15, 0.2) is 0 Å². The molecule has 1 rings (SSSR count). The van der Waals surface area contributed by atoms with Crippen molar-refractivity contribution in [3.63, 3.8) is 0 Å². The maximum absolute atomic E-state index is 4.27. The van der Waals surface area contributed by atoms with E-state index in [1.165, 1.54) is 11.1 Å². The first-order valence-corrected chi connectivity index (χ1v) is 4.99. The van der Waals surface area contributed by atoms with E-state index < -0.39 is 0 Å². The Bertz CT molecular complexity index is 354. The summed E-state index contributed by atoms with van der Waals surface area (Å²) in [5.74, 6) is 0. The molecular formula is C13H17N. The molecule has 1 aromatic heterocycles. The number of nitrogens with zero attached hydrogens (tertiary/aromatic N) is 1. The number of aryl methyl sites for hydroxylation is 3. The fraction of sp³-hybridized carbons (Fsp3) is 0.308. The quantitative estimate of drug-likeness (QED) is 0.656. The molecule has 0 aliphatic heterocycles. The van der Waals surface area contributed by atoms with Gasteiger partial charge >= 0.3 is 0 Å². The van der Waals surface area contributed by atoms with Gasteiger partial charge in [-0.3, -0.25) is 4.98 Å². The molecule has 1 heterocycles. The van der Waals surface area contributed by atoms with Crippen LogP contribution in [-0.4, -0.2) is 4.98 Å². The van der Waals surface area contributed by atoms with Gasteiger partial charge in [-0.05, 0) is 38.0 Å². The molecule has 0 bridgehead atoms. The maximum atomic E-state index is 4.27. The van der Waals surface area contributed by atoms with Gasteiger partial charge in [0.05, 0.1) is 0 Å². The lowest BCUT2D eigenvalue weighted by molar-refractivity contribution is 1.13. The minimum atomic E-state index is 1.03. The van der Waals surface area contributed by atoms with Gasteiger partial charge in [-0.1, -0.05) is 30.7 Å². The van der Waals surface area contributed by atoms with Crippen LogP contribution in [-0.2, 0) is 6.42 Å². The first-order valence-electron chi connectivity index (χ1n) is 4.99. The lowest BCUT2D eigenvalue weighted by Crippen LogP contribution is -1.78. The average molecular weight is 187 g/mol. The summed E-state index contributed by atoms with van der Waals surface area (Å²) in [6, 6.07) is 10.4. The van der Waals surface area contributed by atoms with E-state index in [9.17, 15) is 0 Å². The van der Waals surface area contributed by atoms with Crippen LogP contribution in [0.1, 0.15) is 23.7 Å². The molecule has 1 nitrogen and oxygen atoms in total. The van der Waals surface area contributed by atoms with E-state index in [4.69, 9.17) is 0 Å². The lowest BCUT2D eigenvalue weighted by Gasteiger charge is -1.93. The van der Waals surface area contributed by atoms with Gasteiger partial charge < -0.3 is 0 Å². The van der Waals surface area contributed by atoms with Crippen LogP contribution in [0.15, 0.2) is 36.5 Å². The van der Waals surface area contributed by atoms with E-state index in [1.807, 2.05) is 25.3 Å². The largest absolute Gasteiger partial charge is 0.262 e. The Labute approximate surface area is 86.2 Å². The van der Waals surface area contributed by atoms with Crippen LogP contribution >= 0.6 is 0 Å². The van der Waals surface area contributed by atoms with Crippen LogP contribution < -0.4 is 0 Å². The Kier molecular flexibility index (Phi) is 4.11. The highest BCUT2D eigenvalue weighted by Gasteiger charge is 1.84. The highest BCUT2D eigenvalue weighted by molar-refractivity contribution is 5.18. The summed E-state index contributed by atoms with van der Waals surface area (Å²) in [7, 11) is 0. The highest BCUT2D eigenvalue weighted by Crippen LogP contribution is 2.00. The summed E-state index contributed by atoms with van der Waals surface area (Å²) >= 11 is 0. The summed E-state index contributed by atoms with van der Waals surface area (Å²) in [5.41, 5.74) is 3.63.